The van der Waals surface area contributed by atoms with Gasteiger partial charge in [-0.2, -0.15) is 0 Å². The standard InChI is InChI=1S/C26H33N5OS/c1-18-17-22(19(2)31(18)20-10-12-21(32-5)13-11-20)25-24(23-9-6-7-14-27-23)28-26(33)30(25)16-8-15-29(3)4/h6-7,9-14,17,24-25H,8,15-16H2,1-5H3,(H,28,33)/t24-,25-/m0/s1. The third-order valence-corrected chi connectivity index (χ3v) is 6.67. The number of rotatable bonds is 8. The maximum absolute atomic E-state index is 5.83. The first-order valence-corrected chi connectivity index (χ1v) is 11.8. The number of aromatic nitrogens is 2. The van der Waals surface area contributed by atoms with E-state index < -0.39 is 0 Å². The average molecular weight is 464 g/mol. The number of ether oxygens (including phenoxy) is 1. The molecular formula is C26H33N5OS. The fourth-order valence-electron chi connectivity index (χ4n) is 4.76. The molecule has 1 N–H and O–H groups in total. The van der Waals surface area contributed by atoms with E-state index in [-0.39, 0.29) is 12.1 Å². The van der Waals surface area contributed by atoms with Gasteiger partial charge in [-0.15, -0.1) is 0 Å². The van der Waals surface area contributed by atoms with Gasteiger partial charge in [0.2, 0.25) is 0 Å². The lowest BCUT2D eigenvalue weighted by Gasteiger charge is -2.28. The Morgan fingerprint density at radius 2 is 1.88 bits per heavy atom. The quantitative estimate of drug-likeness (QED) is 0.499. The fourth-order valence-corrected chi connectivity index (χ4v) is 5.09. The third-order valence-electron chi connectivity index (χ3n) is 6.32. The number of hydrogen-bond donors (Lipinski definition) is 1. The van der Waals surface area contributed by atoms with Crippen molar-refractivity contribution < 1.29 is 4.74 Å². The molecule has 1 aromatic carbocycles. The summed E-state index contributed by atoms with van der Waals surface area (Å²) in [6, 6.07) is 16.7. The molecule has 1 saturated heterocycles. The summed E-state index contributed by atoms with van der Waals surface area (Å²) in [5, 5.41) is 4.37. The highest BCUT2D eigenvalue weighted by molar-refractivity contribution is 7.80. The van der Waals surface area contributed by atoms with E-state index in [1.165, 1.54) is 17.0 Å². The van der Waals surface area contributed by atoms with Crippen LogP contribution in [0, 0.1) is 13.8 Å². The van der Waals surface area contributed by atoms with Gasteiger partial charge >= 0.3 is 0 Å². The minimum Gasteiger partial charge on any atom is -0.497 e. The highest BCUT2D eigenvalue weighted by atomic mass is 32.1. The Hall–Kier alpha value is -2.90. The second kappa shape index (κ2) is 9.93. The number of methoxy groups -OCH3 is 1. The van der Waals surface area contributed by atoms with E-state index in [4.69, 9.17) is 17.0 Å². The zero-order chi connectivity index (χ0) is 23.5. The zero-order valence-electron chi connectivity index (χ0n) is 20.1. The highest BCUT2D eigenvalue weighted by Gasteiger charge is 2.41. The largest absolute Gasteiger partial charge is 0.497 e. The second-order valence-electron chi connectivity index (χ2n) is 8.84. The Morgan fingerprint density at radius 3 is 2.52 bits per heavy atom. The SMILES string of the molecule is COc1ccc(-n2c(C)cc([C@H]3[C@H](c4ccccn4)NC(=S)N3CCCN(C)C)c2C)cc1. The molecule has 3 heterocycles. The van der Waals surface area contributed by atoms with Crippen molar-refractivity contribution in [2.45, 2.75) is 32.4 Å². The Kier molecular flexibility index (Phi) is 7.00. The van der Waals surface area contributed by atoms with Crippen molar-refractivity contribution in [3.05, 3.63) is 77.4 Å². The van der Waals surface area contributed by atoms with Crippen LogP contribution in [-0.2, 0) is 0 Å². The molecule has 0 amide bonds. The smallest absolute Gasteiger partial charge is 0.170 e. The van der Waals surface area contributed by atoms with E-state index in [0.717, 1.165) is 41.8 Å². The van der Waals surface area contributed by atoms with Gasteiger partial charge in [0.05, 0.1) is 24.9 Å². The molecule has 0 unspecified atom stereocenters. The maximum atomic E-state index is 5.83. The zero-order valence-corrected chi connectivity index (χ0v) is 20.9. The second-order valence-corrected chi connectivity index (χ2v) is 9.22. The summed E-state index contributed by atoms with van der Waals surface area (Å²) in [6.45, 7) is 6.27. The minimum atomic E-state index is 0.00266. The molecule has 0 aliphatic carbocycles. The first-order chi connectivity index (χ1) is 15.9. The normalized spacial score (nSPS) is 18.1. The van der Waals surface area contributed by atoms with Gasteiger partial charge in [-0.1, -0.05) is 6.07 Å². The maximum Gasteiger partial charge on any atom is 0.170 e. The van der Waals surface area contributed by atoms with Crippen molar-refractivity contribution in [3.63, 3.8) is 0 Å². The van der Waals surface area contributed by atoms with E-state index in [0.29, 0.717) is 0 Å². The lowest BCUT2D eigenvalue weighted by atomic mass is 9.96. The van der Waals surface area contributed by atoms with Gasteiger partial charge in [0, 0.05) is 29.8 Å². The monoisotopic (exact) mass is 463 g/mol. The van der Waals surface area contributed by atoms with Crippen LogP contribution in [-0.4, -0.2) is 58.8 Å². The molecule has 0 spiro atoms. The topological polar surface area (TPSA) is 45.6 Å². The molecule has 0 radical (unpaired) electrons. The van der Waals surface area contributed by atoms with Crippen molar-refractivity contribution in [1.82, 2.24) is 24.7 Å². The van der Waals surface area contributed by atoms with Gasteiger partial charge in [0.1, 0.15) is 5.75 Å². The van der Waals surface area contributed by atoms with E-state index in [2.05, 4.69) is 76.9 Å². The lowest BCUT2D eigenvalue weighted by molar-refractivity contribution is 0.292. The molecule has 1 aliphatic rings. The fraction of sp³-hybridized carbons (Fsp3) is 0.385. The van der Waals surface area contributed by atoms with Crippen LogP contribution in [0.15, 0.2) is 54.7 Å². The number of nitrogens with zero attached hydrogens (tertiary/aromatic N) is 4. The summed E-state index contributed by atoms with van der Waals surface area (Å²) >= 11 is 5.83. The van der Waals surface area contributed by atoms with E-state index in [1.807, 2.05) is 30.5 Å². The first-order valence-electron chi connectivity index (χ1n) is 11.4. The Balaban J connectivity index is 1.75. The molecule has 33 heavy (non-hydrogen) atoms. The van der Waals surface area contributed by atoms with Gasteiger partial charge in [0.15, 0.2) is 5.11 Å². The van der Waals surface area contributed by atoms with Gasteiger partial charge in [0.25, 0.3) is 0 Å². The lowest BCUT2D eigenvalue weighted by Crippen LogP contribution is -2.32. The number of benzene rings is 1. The van der Waals surface area contributed by atoms with Crippen molar-refractivity contribution in [2.75, 3.05) is 34.3 Å². The van der Waals surface area contributed by atoms with Crippen LogP contribution in [0.2, 0.25) is 0 Å². The van der Waals surface area contributed by atoms with Gasteiger partial charge in [-0.3, -0.25) is 4.98 Å². The van der Waals surface area contributed by atoms with E-state index >= 15 is 0 Å². The summed E-state index contributed by atoms with van der Waals surface area (Å²) in [6.07, 6.45) is 2.89. The number of pyridine rings is 1. The van der Waals surface area contributed by atoms with Crippen molar-refractivity contribution >= 4 is 17.3 Å². The molecular weight excluding hydrogens is 430 g/mol. The molecule has 174 valence electrons. The summed E-state index contributed by atoms with van der Waals surface area (Å²) < 4.78 is 7.66. The number of hydrogen-bond acceptors (Lipinski definition) is 4. The van der Waals surface area contributed by atoms with Crippen LogP contribution < -0.4 is 10.1 Å². The molecule has 1 fully saturated rings. The van der Waals surface area contributed by atoms with Gasteiger partial charge < -0.3 is 24.4 Å². The van der Waals surface area contributed by atoms with Crippen LogP contribution >= 0.6 is 12.2 Å². The Bertz CT molecular complexity index is 1090. The van der Waals surface area contributed by atoms with Crippen molar-refractivity contribution in [1.29, 1.82) is 0 Å². The van der Waals surface area contributed by atoms with Crippen LogP contribution in [0.25, 0.3) is 5.69 Å². The van der Waals surface area contributed by atoms with Crippen molar-refractivity contribution in [2.24, 2.45) is 0 Å². The molecule has 0 saturated carbocycles. The Labute approximate surface area is 202 Å². The summed E-state index contributed by atoms with van der Waals surface area (Å²) in [5.74, 6) is 0.856. The van der Waals surface area contributed by atoms with Gasteiger partial charge in [-0.25, -0.2) is 0 Å². The van der Waals surface area contributed by atoms with Crippen LogP contribution in [0.3, 0.4) is 0 Å². The predicted molar refractivity (Wildman–Crippen MR) is 137 cm³/mol. The number of thiocarbonyl (C=S) groups is 1. The third kappa shape index (κ3) is 4.75. The molecule has 7 heteroatoms. The predicted octanol–water partition coefficient (Wildman–Crippen LogP) is 4.42. The molecule has 2 atom stereocenters. The van der Waals surface area contributed by atoms with Crippen molar-refractivity contribution in [3.8, 4) is 11.4 Å². The summed E-state index contributed by atoms with van der Waals surface area (Å²) in [4.78, 5) is 9.23. The number of nitrogens with one attached hydrogen (secondary N) is 1. The van der Waals surface area contributed by atoms with Crippen LogP contribution in [0.1, 0.15) is 41.1 Å². The molecule has 6 nitrogen and oxygen atoms in total. The molecule has 2 aromatic heterocycles. The van der Waals surface area contributed by atoms with Gasteiger partial charge in [-0.05, 0) is 101 Å². The number of aryl methyl sites for hydroxylation is 1. The van der Waals surface area contributed by atoms with Crippen LogP contribution in [0.4, 0.5) is 0 Å². The summed E-state index contributed by atoms with van der Waals surface area (Å²) in [7, 11) is 5.91. The molecule has 1 aliphatic heterocycles. The van der Waals surface area contributed by atoms with E-state index in [9.17, 15) is 0 Å². The molecule has 4 rings (SSSR count). The molecule has 3 aromatic rings. The average Bonchev–Trinajstić information content (AvgIpc) is 3.29. The van der Waals surface area contributed by atoms with E-state index in [1.54, 1.807) is 7.11 Å². The first kappa shape index (κ1) is 23.3. The Morgan fingerprint density at radius 1 is 1.12 bits per heavy atom. The minimum absolute atomic E-state index is 0.00266. The highest BCUT2D eigenvalue weighted by Crippen LogP contribution is 2.41. The molecule has 0 bridgehead atoms. The van der Waals surface area contributed by atoms with Crippen LogP contribution in [0.5, 0.6) is 5.75 Å². The summed E-state index contributed by atoms with van der Waals surface area (Å²) in [5.41, 5.74) is 5.82.